The predicted molar refractivity (Wildman–Crippen MR) is 106 cm³/mol. The number of rotatable bonds is 3. The van der Waals surface area contributed by atoms with E-state index >= 15 is 0 Å². The maximum atomic E-state index is 6.05. The lowest BCUT2D eigenvalue weighted by atomic mass is 10.1. The summed E-state index contributed by atoms with van der Waals surface area (Å²) in [5, 5.41) is 9.32. The number of ether oxygens (including phenoxy) is 3. The molecule has 0 saturated heterocycles. The minimum absolute atomic E-state index is 0.135. The van der Waals surface area contributed by atoms with Crippen molar-refractivity contribution < 1.29 is 18.7 Å². The van der Waals surface area contributed by atoms with Crippen molar-refractivity contribution in [2.24, 2.45) is 0 Å². The molecule has 2 aliphatic rings. The van der Waals surface area contributed by atoms with Crippen LogP contribution in [0, 0.1) is 0 Å². The molecule has 0 saturated carbocycles. The molecular formula is C21H15ClN4O4. The monoisotopic (exact) mass is 422 g/mol. The molecular weight excluding hydrogens is 408 g/mol. The topological polar surface area (TPSA) is 84.4 Å². The van der Waals surface area contributed by atoms with Crippen LogP contribution in [0.4, 0.5) is 0 Å². The predicted octanol–water partition coefficient (Wildman–Crippen LogP) is 4.25. The summed E-state index contributed by atoms with van der Waals surface area (Å²) in [5.74, 6) is 2.31. The summed E-state index contributed by atoms with van der Waals surface area (Å²) in [7, 11) is 0. The highest BCUT2D eigenvalue weighted by Crippen LogP contribution is 2.37. The molecule has 2 aromatic heterocycles. The Hall–Kier alpha value is -3.36. The molecule has 4 aromatic rings. The van der Waals surface area contributed by atoms with Gasteiger partial charge in [0.05, 0.1) is 18.8 Å². The van der Waals surface area contributed by atoms with Gasteiger partial charge in [-0.1, -0.05) is 35.0 Å². The molecule has 1 atom stereocenters. The van der Waals surface area contributed by atoms with Crippen LogP contribution >= 0.6 is 11.6 Å². The highest BCUT2D eigenvalue weighted by atomic mass is 35.5. The second-order valence-corrected chi connectivity index (χ2v) is 7.49. The van der Waals surface area contributed by atoms with Crippen LogP contribution in [0.3, 0.4) is 0 Å². The van der Waals surface area contributed by atoms with Gasteiger partial charge >= 0.3 is 0 Å². The largest absolute Gasteiger partial charge is 0.454 e. The third-order valence-corrected chi connectivity index (χ3v) is 5.37. The average Bonchev–Trinajstić information content (AvgIpc) is 3.51. The Balaban J connectivity index is 1.26. The van der Waals surface area contributed by atoms with Crippen molar-refractivity contribution in [1.82, 2.24) is 19.9 Å². The van der Waals surface area contributed by atoms with Crippen molar-refractivity contribution in [2.45, 2.75) is 19.3 Å². The first kappa shape index (κ1) is 17.5. The van der Waals surface area contributed by atoms with Crippen molar-refractivity contribution in [3.8, 4) is 34.5 Å². The molecule has 2 aromatic carbocycles. The van der Waals surface area contributed by atoms with Gasteiger partial charge in [0, 0.05) is 10.6 Å². The quantitative estimate of drug-likeness (QED) is 0.487. The average molecular weight is 423 g/mol. The van der Waals surface area contributed by atoms with E-state index in [0.29, 0.717) is 35.6 Å². The van der Waals surface area contributed by atoms with Crippen molar-refractivity contribution in [3.05, 3.63) is 64.8 Å². The zero-order chi connectivity index (χ0) is 20.1. The summed E-state index contributed by atoms with van der Waals surface area (Å²) in [6, 6.07) is 15.1. The Morgan fingerprint density at radius 1 is 1.03 bits per heavy atom. The van der Waals surface area contributed by atoms with E-state index in [-0.39, 0.29) is 12.9 Å². The maximum absolute atomic E-state index is 6.05. The number of nitrogens with zero attached hydrogens (tertiary/aromatic N) is 4. The van der Waals surface area contributed by atoms with Crippen molar-refractivity contribution in [1.29, 1.82) is 0 Å². The lowest BCUT2D eigenvalue weighted by molar-refractivity contribution is -0.00122. The summed E-state index contributed by atoms with van der Waals surface area (Å²) >= 11 is 6.05. The van der Waals surface area contributed by atoms with Gasteiger partial charge in [-0.3, -0.25) is 4.68 Å². The number of hydrogen-bond acceptors (Lipinski definition) is 7. The van der Waals surface area contributed by atoms with Crippen LogP contribution in [0.1, 0.15) is 17.4 Å². The summed E-state index contributed by atoms with van der Waals surface area (Å²) in [6.07, 6.45) is -0.135. The zero-order valence-corrected chi connectivity index (χ0v) is 16.4. The van der Waals surface area contributed by atoms with Crippen LogP contribution < -0.4 is 9.47 Å². The van der Waals surface area contributed by atoms with Gasteiger partial charge in [-0.25, -0.2) is 0 Å². The van der Waals surface area contributed by atoms with Crippen LogP contribution in [0.15, 0.2) is 53.1 Å². The second kappa shape index (κ2) is 6.86. The van der Waals surface area contributed by atoms with Crippen LogP contribution in [-0.2, 0) is 17.9 Å². The summed E-state index contributed by atoms with van der Waals surface area (Å²) in [5.41, 5.74) is 3.36. The molecule has 0 spiro atoms. The summed E-state index contributed by atoms with van der Waals surface area (Å²) < 4.78 is 24.2. The van der Waals surface area contributed by atoms with Crippen LogP contribution in [0.2, 0.25) is 5.02 Å². The van der Waals surface area contributed by atoms with Crippen LogP contribution in [0.5, 0.6) is 11.5 Å². The number of aromatic nitrogens is 4. The number of hydrogen-bond donors (Lipinski definition) is 0. The van der Waals surface area contributed by atoms with Gasteiger partial charge in [-0.2, -0.15) is 10.1 Å². The standard InChI is InChI=1S/C21H15ClN4O4/c22-14-3-1-2-13(6-14)20-23-21(30-25-20)16-8-15-10-27-19(9-26(15)24-16)12-4-5-17-18(7-12)29-11-28-17/h1-8,19H,9-11H2/t19-/m0/s1. The van der Waals surface area contributed by atoms with Crippen molar-refractivity contribution in [2.75, 3.05) is 6.79 Å². The molecule has 0 radical (unpaired) electrons. The molecule has 0 aliphatic carbocycles. The van der Waals surface area contributed by atoms with Crippen LogP contribution in [-0.4, -0.2) is 26.7 Å². The first-order valence-corrected chi connectivity index (χ1v) is 9.79. The summed E-state index contributed by atoms with van der Waals surface area (Å²) in [6.45, 7) is 1.25. The van der Waals surface area contributed by atoms with Crippen molar-refractivity contribution >= 4 is 11.6 Å². The van der Waals surface area contributed by atoms with Gasteiger partial charge < -0.3 is 18.7 Å². The third kappa shape index (κ3) is 3.01. The molecule has 30 heavy (non-hydrogen) atoms. The van der Waals surface area contributed by atoms with E-state index < -0.39 is 0 Å². The van der Waals surface area contributed by atoms with E-state index in [1.807, 2.05) is 41.1 Å². The molecule has 0 fully saturated rings. The van der Waals surface area contributed by atoms with Crippen LogP contribution in [0.25, 0.3) is 23.0 Å². The SMILES string of the molecule is Clc1cccc(-c2noc(-c3cc4n(n3)C[C@@H](c3ccc5c(c3)OCO5)OC4)n2)c1. The Bertz CT molecular complexity index is 1250. The van der Waals surface area contributed by atoms with Gasteiger partial charge in [0.1, 0.15) is 6.10 Å². The molecule has 6 rings (SSSR count). The van der Waals surface area contributed by atoms with E-state index in [1.165, 1.54) is 0 Å². The Morgan fingerprint density at radius 2 is 1.97 bits per heavy atom. The third-order valence-electron chi connectivity index (χ3n) is 5.13. The molecule has 0 amide bonds. The lowest BCUT2D eigenvalue weighted by Gasteiger charge is -2.24. The normalized spacial score (nSPS) is 17.2. The van der Waals surface area contributed by atoms with E-state index in [0.717, 1.165) is 28.3 Å². The first-order chi connectivity index (χ1) is 14.7. The molecule has 2 aliphatic heterocycles. The Morgan fingerprint density at radius 3 is 2.90 bits per heavy atom. The molecule has 150 valence electrons. The molecule has 0 N–H and O–H groups in total. The van der Waals surface area contributed by atoms with Gasteiger partial charge in [0.15, 0.2) is 17.2 Å². The van der Waals surface area contributed by atoms with Gasteiger partial charge in [-0.05, 0) is 35.9 Å². The minimum atomic E-state index is -0.135. The number of halogens is 1. The fourth-order valence-corrected chi connectivity index (χ4v) is 3.81. The number of benzene rings is 2. The highest BCUT2D eigenvalue weighted by molar-refractivity contribution is 6.30. The van der Waals surface area contributed by atoms with E-state index in [2.05, 4.69) is 15.2 Å². The Kier molecular flexibility index (Phi) is 4.00. The highest BCUT2D eigenvalue weighted by Gasteiger charge is 2.26. The van der Waals surface area contributed by atoms with Gasteiger partial charge in [0.2, 0.25) is 12.6 Å². The molecule has 0 bridgehead atoms. The smallest absolute Gasteiger partial charge is 0.278 e. The maximum Gasteiger partial charge on any atom is 0.278 e. The van der Waals surface area contributed by atoms with E-state index in [4.69, 9.17) is 30.3 Å². The van der Waals surface area contributed by atoms with Crippen molar-refractivity contribution in [3.63, 3.8) is 0 Å². The fourth-order valence-electron chi connectivity index (χ4n) is 3.62. The Labute approximate surface area is 175 Å². The fraction of sp³-hybridized carbons (Fsp3) is 0.190. The minimum Gasteiger partial charge on any atom is -0.454 e. The second-order valence-electron chi connectivity index (χ2n) is 7.05. The van der Waals surface area contributed by atoms with Gasteiger partial charge in [0.25, 0.3) is 5.89 Å². The zero-order valence-electron chi connectivity index (χ0n) is 15.6. The molecule has 8 nitrogen and oxygen atoms in total. The lowest BCUT2D eigenvalue weighted by Crippen LogP contribution is -2.21. The summed E-state index contributed by atoms with van der Waals surface area (Å²) in [4.78, 5) is 4.47. The molecule has 0 unspecified atom stereocenters. The molecule has 4 heterocycles. The van der Waals surface area contributed by atoms with E-state index in [1.54, 1.807) is 12.1 Å². The van der Waals surface area contributed by atoms with E-state index in [9.17, 15) is 0 Å². The molecule has 9 heteroatoms. The first-order valence-electron chi connectivity index (χ1n) is 9.41. The number of fused-ring (bicyclic) bond motifs is 2. The van der Waals surface area contributed by atoms with Gasteiger partial charge in [-0.15, -0.1) is 0 Å².